The number of unbranched alkanes of at least 4 members (excludes halogenated alkanes) is 11. The smallest absolute Gasteiger partial charge is 0.305 e. The maximum atomic E-state index is 11.6. The number of carbonyl (C=O) groups excluding carboxylic acids is 2. The van der Waals surface area contributed by atoms with Gasteiger partial charge in [0, 0.05) is 12.8 Å². The van der Waals surface area contributed by atoms with E-state index in [0.29, 0.717) is 32.0 Å². The number of hydrogen-bond donors (Lipinski definition) is 0. The summed E-state index contributed by atoms with van der Waals surface area (Å²) in [5, 5.41) is 0. The van der Waals surface area contributed by atoms with E-state index in [4.69, 9.17) is 9.47 Å². The monoisotopic (exact) mass is 426 g/mol. The third-order valence-electron chi connectivity index (χ3n) is 5.69. The molecule has 0 saturated carbocycles. The first-order chi connectivity index (χ1) is 14.6. The average Bonchev–Trinajstić information content (AvgIpc) is 2.73. The molecule has 0 aliphatic rings. The highest BCUT2D eigenvalue weighted by molar-refractivity contribution is 5.69. The van der Waals surface area contributed by atoms with Gasteiger partial charge in [0.15, 0.2) is 0 Å². The lowest BCUT2D eigenvalue weighted by molar-refractivity contribution is -0.144. The molecule has 0 aromatic rings. The van der Waals surface area contributed by atoms with E-state index in [9.17, 15) is 9.59 Å². The Hall–Kier alpha value is -1.06. The summed E-state index contributed by atoms with van der Waals surface area (Å²) >= 11 is 0. The fourth-order valence-corrected chi connectivity index (χ4v) is 3.49. The number of rotatable bonds is 22. The predicted molar refractivity (Wildman–Crippen MR) is 126 cm³/mol. The molecule has 1 unspecified atom stereocenters. The van der Waals surface area contributed by atoms with Crippen molar-refractivity contribution in [1.29, 1.82) is 0 Å². The Kier molecular flexibility index (Phi) is 21.8. The third kappa shape index (κ3) is 21.6. The molecule has 1 atom stereocenters. The molecule has 0 heterocycles. The van der Waals surface area contributed by atoms with E-state index in [1.165, 1.54) is 57.8 Å². The van der Waals surface area contributed by atoms with Gasteiger partial charge in [-0.05, 0) is 31.6 Å². The van der Waals surface area contributed by atoms with E-state index >= 15 is 0 Å². The molecule has 0 aliphatic carbocycles. The molecular weight excluding hydrogens is 376 g/mol. The maximum Gasteiger partial charge on any atom is 0.305 e. The first-order valence-corrected chi connectivity index (χ1v) is 12.9. The van der Waals surface area contributed by atoms with Crippen LogP contribution in [-0.4, -0.2) is 25.2 Å². The van der Waals surface area contributed by atoms with Crippen LogP contribution >= 0.6 is 0 Å². The van der Waals surface area contributed by atoms with Gasteiger partial charge in [0.05, 0.1) is 13.2 Å². The normalized spacial score (nSPS) is 12.0. The van der Waals surface area contributed by atoms with Gasteiger partial charge in [0.1, 0.15) is 0 Å². The van der Waals surface area contributed by atoms with Gasteiger partial charge in [-0.2, -0.15) is 0 Å². The van der Waals surface area contributed by atoms with Crippen LogP contribution in [0.4, 0.5) is 0 Å². The standard InChI is InChI=1S/C26H50O4/c1-4-6-22-29-25(27)19-17-15-13-11-9-8-10-12-14-16-18-24(3)20-21-26(28)30-23-7-5-2/h24H,4-23H2,1-3H3. The van der Waals surface area contributed by atoms with E-state index in [1.807, 2.05) is 0 Å². The van der Waals surface area contributed by atoms with Gasteiger partial charge in [-0.25, -0.2) is 0 Å². The molecule has 4 nitrogen and oxygen atoms in total. The molecule has 178 valence electrons. The van der Waals surface area contributed by atoms with E-state index in [0.717, 1.165) is 44.9 Å². The minimum Gasteiger partial charge on any atom is -0.466 e. The van der Waals surface area contributed by atoms with Gasteiger partial charge >= 0.3 is 11.9 Å². The Labute approximate surface area is 186 Å². The third-order valence-corrected chi connectivity index (χ3v) is 5.69. The molecular formula is C26H50O4. The summed E-state index contributed by atoms with van der Waals surface area (Å²) in [6.07, 6.45) is 20.0. The Balaban J connectivity index is 3.28. The SMILES string of the molecule is CCCCOC(=O)CCCCCCCCCCCCC(C)CCC(=O)OCCCC. The first kappa shape index (κ1) is 28.9. The zero-order valence-corrected chi connectivity index (χ0v) is 20.4. The first-order valence-electron chi connectivity index (χ1n) is 12.9. The number of esters is 2. The van der Waals surface area contributed by atoms with Crippen LogP contribution in [0.1, 0.15) is 136 Å². The molecule has 0 amide bonds. The van der Waals surface area contributed by atoms with Crippen molar-refractivity contribution < 1.29 is 19.1 Å². The Bertz CT molecular complexity index is 394. The maximum absolute atomic E-state index is 11.6. The van der Waals surface area contributed by atoms with Gasteiger partial charge in [0.2, 0.25) is 0 Å². The van der Waals surface area contributed by atoms with Crippen LogP contribution in [0, 0.1) is 5.92 Å². The van der Waals surface area contributed by atoms with Crippen molar-refractivity contribution in [2.45, 2.75) is 136 Å². The second kappa shape index (κ2) is 22.6. The Morgan fingerprint density at radius 2 is 1.00 bits per heavy atom. The van der Waals surface area contributed by atoms with E-state index in [2.05, 4.69) is 20.8 Å². The highest BCUT2D eigenvalue weighted by Crippen LogP contribution is 2.17. The summed E-state index contributed by atoms with van der Waals surface area (Å²) in [6, 6.07) is 0. The van der Waals surface area contributed by atoms with E-state index in [1.54, 1.807) is 0 Å². The molecule has 30 heavy (non-hydrogen) atoms. The highest BCUT2D eigenvalue weighted by atomic mass is 16.5. The van der Waals surface area contributed by atoms with Crippen molar-refractivity contribution in [2.75, 3.05) is 13.2 Å². The van der Waals surface area contributed by atoms with Crippen LogP contribution in [0.2, 0.25) is 0 Å². The molecule has 0 spiro atoms. The van der Waals surface area contributed by atoms with Gasteiger partial charge in [-0.1, -0.05) is 97.8 Å². The second-order valence-electron chi connectivity index (χ2n) is 8.87. The molecule has 0 N–H and O–H groups in total. The molecule has 0 radical (unpaired) electrons. The molecule has 0 aliphatic heterocycles. The van der Waals surface area contributed by atoms with Crippen molar-refractivity contribution in [3.63, 3.8) is 0 Å². The van der Waals surface area contributed by atoms with Crippen molar-refractivity contribution in [3.8, 4) is 0 Å². The minimum atomic E-state index is -0.0257. The molecule has 0 aromatic carbocycles. The van der Waals surface area contributed by atoms with Crippen LogP contribution in [-0.2, 0) is 19.1 Å². The van der Waals surface area contributed by atoms with Crippen molar-refractivity contribution in [1.82, 2.24) is 0 Å². The van der Waals surface area contributed by atoms with Crippen LogP contribution in [0.5, 0.6) is 0 Å². The molecule has 0 rings (SSSR count). The van der Waals surface area contributed by atoms with Crippen molar-refractivity contribution in [2.24, 2.45) is 5.92 Å². The second-order valence-corrected chi connectivity index (χ2v) is 8.87. The predicted octanol–water partition coefficient (Wildman–Crippen LogP) is 7.77. The highest BCUT2D eigenvalue weighted by Gasteiger charge is 2.07. The number of ether oxygens (including phenoxy) is 2. The van der Waals surface area contributed by atoms with Gasteiger partial charge < -0.3 is 9.47 Å². The van der Waals surface area contributed by atoms with Crippen LogP contribution in [0.15, 0.2) is 0 Å². The van der Waals surface area contributed by atoms with Crippen LogP contribution < -0.4 is 0 Å². The largest absolute Gasteiger partial charge is 0.466 e. The topological polar surface area (TPSA) is 52.6 Å². The van der Waals surface area contributed by atoms with Gasteiger partial charge in [0.25, 0.3) is 0 Å². The van der Waals surface area contributed by atoms with Crippen molar-refractivity contribution >= 4 is 11.9 Å². The summed E-state index contributed by atoms with van der Waals surface area (Å²) in [5.74, 6) is 0.569. The minimum absolute atomic E-state index is 0.0234. The quantitative estimate of drug-likeness (QED) is 0.131. The molecule has 4 heteroatoms. The van der Waals surface area contributed by atoms with Crippen LogP contribution in [0.3, 0.4) is 0 Å². The van der Waals surface area contributed by atoms with Crippen molar-refractivity contribution in [3.05, 3.63) is 0 Å². The fraction of sp³-hybridized carbons (Fsp3) is 0.923. The zero-order valence-electron chi connectivity index (χ0n) is 20.4. The molecule has 0 saturated heterocycles. The summed E-state index contributed by atoms with van der Waals surface area (Å²) in [4.78, 5) is 23.1. The number of carbonyl (C=O) groups is 2. The Morgan fingerprint density at radius 3 is 1.50 bits per heavy atom. The van der Waals surface area contributed by atoms with Crippen LogP contribution in [0.25, 0.3) is 0 Å². The fourth-order valence-electron chi connectivity index (χ4n) is 3.49. The number of hydrogen-bond acceptors (Lipinski definition) is 4. The Morgan fingerprint density at radius 1 is 0.567 bits per heavy atom. The lowest BCUT2D eigenvalue weighted by Gasteiger charge is -2.11. The summed E-state index contributed by atoms with van der Waals surface area (Å²) in [7, 11) is 0. The summed E-state index contributed by atoms with van der Waals surface area (Å²) in [6.45, 7) is 7.63. The molecule has 0 fully saturated rings. The lowest BCUT2D eigenvalue weighted by atomic mass is 9.97. The van der Waals surface area contributed by atoms with Gasteiger partial charge in [-0.3, -0.25) is 9.59 Å². The average molecular weight is 427 g/mol. The molecule has 0 bridgehead atoms. The molecule has 0 aromatic heterocycles. The van der Waals surface area contributed by atoms with E-state index < -0.39 is 0 Å². The van der Waals surface area contributed by atoms with Gasteiger partial charge in [-0.15, -0.1) is 0 Å². The lowest BCUT2D eigenvalue weighted by Crippen LogP contribution is -2.07. The summed E-state index contributed by atoms with van der Waals surface area (Å²) < 4.78 is 10.4. The summed E-state index contributed by atoms with van der Waals surface area (Å²) in [5.41, 5.74) is 0. The van der Waals surface area contributed by atoms with E-state index in [-0.39, 0.29) is 11.9 Å². The zero-order chi connectivity index (χ0) is 22.3.